The largest absolute Gasteiger partial charge is 0.444 e. The van der Waals surface area contributed by atoms with Gasteiger partial charge < -0.3 is 25.1 Å². The van der Waals surface area contributed by atoms with Gasteiger partial charge in [-0.1, -0.05) is 25.6 Å². The van der Waals surface area contributed by atoms with Gasteiger partial charge in [-0.15, -0.1) is 0 Å². The van der Waals surface area contributed by atoms with Crippen molar-refractivity contribution in [3.63, 3.8) is 0 Å². The summed E-state index contributed by atoms with van der Waals surface area (Å²) in [5.41, 5.74) is 3.58. The number of benzene rings is 1. The molecule has 2 amide bonds. The molecule has 2 heterocycles. The third-order valence-electron chi connectivity index (χ3n) is 6.12. The van der Waals surface area contributed by atoms with Gasteiger partial charge in [-0.2, -0.15) is 11.2 Å². The topological polar surface area (TPSA) is 155 Å². The molecule has 212 valence electrons. The highest BCUT2D eigenvalue weighted by atomic mass is 16.6. The molecule has 3 rings (SSSR count). The molecular formula is C29H37N7O4. The number of anilines is 1. The molecule has 0 atom stereocenters. The first-order valence-electron chi connectivity index (χ1n) is 13.2. The molecule has 0 unspecified atom stereocenters. The maximum absolute atomic E-state index is 12.7. The molecule has 0 aliphatic carbocycles. The van der Waals surface area contributed by atoms with E-state index in [2.05, 4.69) is 33.3 Å². The van der Waals surface area contributed by atoms with Gasteiger partial charge in [0, 0.05) is 25.8 Å². The second kappa shape index (κ2) is 13.6. The summed E-state index contributed by atoms with van der Waals surface area (Å²) >= 11 is 0. The Bertz CT molecular complexity index is 1320. The van der Waals surface area contributed by atoms with Crippen LogP contribution in [0.1, 0.15) is 61.9 Å². The minimum Gasteiger partial charge on any atom is -0.444 e. The molecule has 0 bridgehead atoms. The van der Waals surface area contributed by atoms with Crippen molar-refractivity contribution in [2.75, 3.05) is 31.5 Å². The number of hydrogen-bond donors (Lipinski definition) is 3. The van der Waals surface area contributed by atoms with Crippen molar-refractivity contribution in [3.8, 4) is 6.07 Å². The number of nitriles is 1. The van der Waals surface area contributed by atoms with Gasteiger partial charge in [0.15, 0.2) is 0 Å². The number of fused-ring (bicyclic) bond motifs is 1. The lowest BCUT2D eigenvalue weighted by atomic mass is 9.99. The van der Waals surface area contributed by atoms with Gasteiger partial charge >= 0.3 is 6.09 Å². The molecule has 0 radical (unpaired) electrons. The van der Waals surface area contributed by atoms with Crippen LogP contribution in [0.3, 0.4) is 0 Å². The van der Waals surface area contributed by atoms with E-state index in [9.17, 15) is 14.9 Å². The summed E-state index contributed by atoms with van der Waals surface area (Å²) in [5.74, 6) is 5.92. The standard InChI is InChI=1S/C29H37N7O4/c1-6-11-32-26-23(16-30)15-24(17-33-26)27(40-31)35-19(2)21-8-7-20-9-12-36(13-10-22(20)14-21)25(37)18-34-28(38)39-29(3,4)5/h7-8,14-15,17H,2,6,9-13,18,31H2,1,3-5H3,(H,32,33)(H,34,38)/b35-27-. The number of hydrogen-bond acceptors (Lipinski definition) is 9. The Morgan fingerprint density at radius 3 is 2.58 bits per heavy atom. The second-order valence-corrected chi connectivity index (χ2v) is 10.4. The van der Waals surface area contributed by atoms with Crippen LogP contribution >= 0.6 is 0 Å². The minimum absolute atomic E-state index is 0.0836. The molecule has 0 saturated heterocycles. The van der Waals surface area contributed by atoms with Crippen LogP contribution in [-0.4, -0.2) is 59.6 Å². The van der Waals surface area contributed by atoms with Crippen LogP contribution in [0.4, 0.5) is 10.6 Å². The number of aromatic nitrogens is 1. The fourth-order valence-corrected chi connectivity index (χ4v) is 4.13. The summed E-state index contributed by atoms with van der Waals surface area (Å²) in [7, 11) is 0. The van der Waals surface area contributed by atoms with E-state index in [0.717, 1.165) is 23.1 Å². The van der Waals surface area contributed by atoms with E-state index in [1.165, 1.54) is 6.20 Å². The Balaban J connectivity index is 1.69. The normalized spacial score (nSPS) is 13.4. The van der Waals surface area contributed by atoms with Crippen molar-refractivity contribution < 1.29 is 19.2 Å². The van der Waals surface area contributed by atoms with Crippen molar-refractivity contribution in [2.45, 2.75) is 52.6 Å². The van der Waals surface area contributed by atoms with Crippen LogP contribution in [0.25, 0.3) is 5.70 Å². The summed E-state index contributed by atoms with van der Waals surface area (Å²) in [5, 5.41) is 15.2. The number of nitrogens with two attached hydrogens (primary N) is 1. The first kappa shape index (κ1) is 30.1. The van der Waals surface area contributed by atoms with E-state index >= 15 is 0 Å². The van der Waals surface area contributed by atoms with Gasteiger partial charge in [-0.3, -0.25) is 4.79 Å². The number of ether oxygens (including phenoxy) is 1. The number of carbonyl (C=O) groups excluding carboxylic acids is 2. The van der Waals surface area contributed by atoms with Crippen LogP contribution in [0.15, 0.2) is 42.0 Å². The lowest BCUT2D eigenvalue weighted by Crippen LogP contribution is -2.42. The Hall–Kier alpha value is -4.43. The number of nitrogens with one attached hydrogen (secondary N) is 2. The summed E-state index contributed by atoms with van der Waals surface area (Å²) < 4.78 is 5.20. The maximum Gasteiger partial charge on any atom is 0.408 e. The molecule has 1 aromatic carbocycles. The smallest absolute Gasteiger partial charge is 0.408 e. The highest BCUT2D eigenvalue weighted by Gasteiger charge is 2.21. The van der Waals surface area contributed by atoms with Gasteiger partial charge in [-0.25, -0.2) is 14.8 Å². The maximum atomic E-state index is 12.7. The number of amides is 2. The number of nitrogens with zero attached hydrogens (tertiary/aromatic N) is 4. The van der Waals surface area contributed by atoms with Crippen molar-refractivity contribution >= 4 is 29.4 Å². The van der Waals surface area contributed by atoms with Crippen molar-refractivity contribution in [3.05, 3.63) is 64.9 Å². The zero-order valence-corrected chi connectivity index (χ0v) is 23.5. The van der Waals surface area contributed by atoms with E-state index in [-0.39, 0.29) is 18.3 Å². The molecule has 0 saturated carbocycles. The number of carbonyl (C=O) groups is 2. The predicted octanol–water partition coefficient (Wildman–Crippen LogP) is 3.53. The Kier molecular flexibility index (Phi) is 10.2. The molecule has 2 aromatic rings. The average molecular weight is 548 g/mol. The first-order chi connectivity index (χ1) is 19.0. The van der Waals surface area contributed by atoms with Gasteiger partial charge in [0.25, 0.3) is 0 Å². The fourth-order valence-electron chi connectivity index (χ4n) is 4.13. The zero-order valence-electron chi connectivity index (χ0n) is 23.5. The summed E-state index contributed by atoms with van der Waals surface area (Å²) in [6.07, 6.45) is 3.14. The van der Waals surface area contributed by atoms with Crippen LogP contribution < -0.4 is 16.5 Å². The molecule has 1 aromatic heterocycles. The molecule has 1 aliphatic heterocycles. The fraction of sp³-hybridized carbons (Fsp3) is 0.414. The monoisotopic (exact) mass is 547 g/mol. The Morgan fingerprint density at radius 2 is 1.93 bits per heavy atom. The molecule has 11 heteroatoms. The summed E-state index contributed by atoms with van der Waals surface area (Å²) in [6.45, 7) is 13.0. The lowest BCUT2D eigenvalue weighted by molar-refractivity contribution is -0.130. The van der Waals surface area contributed by atoms with Crippen LogP contribution in [0, 0.1) is 11.3 Å². The van der Waals surface area contributed by atoms with E-state index in [1.807, 2.05) is 25.1 Å². The van der Waals surface area contributed by atoms with Crippen molar-refractivity contribution in [2.24, 2.45) is 10.9 Å². The van der Waals surface area contributed by atoms with E-state index in [1.54, 1.807) is 31.7 Å². The zero-order chi connectivity index (χ0) is 29.3. The first-order valence-corrected chi connectivity index (χ1v) is 13.2. The van der Waals surface area contributed by atoms with Crippen molar-refractivity contribution in [1.82, 2.24) is 15.2 Å². The molecule has 0 spiro atoms. The van der Waals surface area contributed by atoms with Gasteiger partial charge in [0.05, 0.1) is 16.8 Å². The van der Waals surface area contributed by atoms with E-state index in [0.29, 0.717) is 55.1 Å². The Morgan fingerprint density at radius 1 is 1.20 bits per heavy atom. The average Bonchev–Trinajstić information content (AvgIpc) is 3.14. The predicted molar refractivity (Wildman–Crippen MR) is 153 cm³/mol. The second-order valence-electron chi connectivity index (χ2n) is 10.4. The summed E-state index contributed by atoms with van der Waals surface area (Å²) in [6, 6.07) is 9.66. The van der Waals surface area contributed by atoms with E-state index in [4.69, 9.17) is 15.5 Å². The highest BCUT2D eigenvalue weighted by Crippen LogP contribution is 2.23. The molecular weight excluding hydrogens is 510 g/mol. The van der Waals surface area contributed by atoms with Gasteiger partial charge in [0.2, 0.25) is 11.8 Å². The molecule has 4 N–H and O–H groups in total. The molecule has 1 aliphatic rings. The summed E-state index contributed by atoms with van der Waals surface area (Å²) in [4.78, 5) is 40.2. The molecule has 0 fully saturated rings. The van der Waals surface area contributed by atoms with E-state index < -0.39 is 11.7 Å². The molecule has 40 heavy (non-hydrogen) atoms. The highest BCUT2D eigenvalue weighted by molar-refractivity contribution is 5.97. The van der Waals surface area contributed by atoms with Crippen LogP contribution in [-0.2, 0) is 27.2 Å². The van der Waals surface area contributed by atoms with Crippen molar-refractivity contribution in [1.29, 1.82) is 5.26 Å². The SMILES string of the molecule is C=C(/N=C(\ON)c1cnc(NCCC)c(C#N)c1)c1ccc2c(c1)CCN(C(=O)CNC(=O)OC(C)(C)C)CC2. The Labute approximate surface area is 235 Å². The lowest BCUT2D eigenvalue weighted by Gasteiger charge is -2.22. The van der Waals surface area contributed by atoms with Gasteiger partial charge in [-0.05, 0) is 68.9 Å². The van der Waals surface area contributed by atoms with Crippen LogP contribution in [0.2, 0.25) is 0 Å². The third kappa shape index (κ3) is 8.28. The number of aliphatic imine (C=N–C) groups is 1. The van der Waals surface area contributed by atoms with Crippen LogP contribution in [0.5, 0.6) is 0 Å². The quantitative estimate of drug-likeness (QED) is 0.258. The number of alkyl carbamates (subject to hydrolysis) is 1. The van der Waals surface area contributed by atoms with Gasteiger partial charge in [0.1, 0.15) is 24.0 Å². The number of pyridine rings is 1. The number of rotatable bonds is 8. The molecule has 11 nitrogen and oxygen atoms in total. The third-order valence-corrected chi connectivity index (χ3v) is 6.12. The minimum atomic E-state index is -0.632.